The Bertz CT molecular complexity index is 165. The summed E-state index contributed by atoms with van der Waals surface area (Å²) in [6.45, 7) is 4.68. The highest BCUT2D eigenvalue weighted by Crippen LogP contribution is 2.53. The fraction of sp³-hybridized carbons (Fsp3) is 0.778. The fourth-order valence-corrected chi connectivity index (χ4v) is 2.18. The standard InChI is InChI=1S/C9H14/c1-3-7-4-6(2)8-5-9(7)8/h6-7H,3-5H2,1-2H3. The van der Waals surface area contributed by atoms with Crippen molar-refractivity contribution in [1.29, 1.82) is 0 Å². The van der Waals surface area contributed by atoms with Crippen LogP contribution in [0.4, 0.5) is 0 Å². The van der Waals surface area contributed by atoms with Gasteiger partial charge < -0.3 is 0 Å². The van der Waals surface area contributed by atoms with Crippen molar-refractivity contribution in [1.82, 2.24) is 0 Å². The molecule has 0 aromatic heterocycles. The second-order valence-electron chi connectivity index (χ2n) is 3.47. The first-order chi connectivity index (χ1) is 4.33. The van der Waals surface area contributed by atoms with E-state index in [1.807, 2.05) is 11.1 Å². The van der Waals surface area contributed by atoms with Crippen molar-refractivity contribution < 1.29 is 0 Å². The molecule has 0 heteroatoms. The van der Waals surface area contributed by atoms with Crippen LogP contribution in [-0.4, -0.2) is 0 Å². The Hall–Kier alpha value is -0.260. The predicted octanol–water partition coefficient (Wildman–Crippen LogP) is 2.75. The summed E-state index contributed by atoms with van der Waals surface area (Å²) >= 11 is 0. The van der Waals surface area contributed by atoms with E-state index in [1.54, 1.807) is 0 Å². The lowest BCUT2D eigenvalue weighted by Crippen LogP contribution is -1.99. The van der Waals surface area contributed by atoms with E-state index in [4.69, 9.17) is 0 Å². The van der Waals surface area contributed by atoms with Crippen LogP contribution in [0.1, 0.15) is 33.1 Å². The molecule has 0 nitrogen and oxygen atoms in total. The van der Waals surface area contributed by atoms with Crippen LogP contribution >= 0.6 is 0 Å². The minimum absolute atomic E-state index is 0.949. The van der Waals surface area contributed by atoms with Crippen LogP contribution < -0.4 is 0 Å². The highest BCUT2D eigenvalue weighted by Gasteiger charge is 2.38. The fourth-order valence-electron chi connectivity index (χ4n) is 2.18. The molecule has 2 aliphatic carbocycles. The summed E-state index contributed by atoms with van der Waals surface area (Å²) in [6, 6.07) is 0. The molecule has 50 valence electrons. The molecule has 2 rings (SSSR count). The average molecular weight is 122 g/mol. The largest absolute Gasteiger partial charge is 0.0648 e. The third-order valence-corrected chi connectivity index (χ3v) is 2.89. The maximum absolute atomic E-state index is 2.37. The molecule has 0 N–H and O–H groups in total. The van der Waals surface area contributed by atoms with Crippen LogP contribution in [0.2, 0.25) is 0 Å². The number of hydrogen-bond acceptors (Lipinski definition) is 0. The summed E-state index contributed by atoms with van der Waals surface area (Å²) in [7, 11) is 0. The van der Waals surface area contributed by atoms with E-state index in [-0.39, 0.29) is 0 Å². The molecule has 0 radical (unpaired) electrons. The Morgan fingerprint density at radius 2 is 2.22 bits per heavy atom. The van der Waals surface area contributed by atoms with Crippen molar-refractivity contribution in [3.8, 4) is 0 Å². The lowest BCUT2D eigenvalue weighted by atomic mass is 9.94. The zero-order valence-electron chi connectivity index (χ0n) is 6.28. The zero-order chi connectivity index (χ0) is 6.43. The number of rotatable bonds is 1. The van der Waals surface area contributed by atoms with Gasteiger partial charge in [-0.2, -0.15) is 0 Å². The van der Waals surface area contributed by atoms with E-state index < -0.39 is 0 Å². The molecular weight excluding hydrogens is 108 g/mol. The van der Waals surface area contributed by atoms with E-state index in [0.717, 1.165) is 11.8 Å². The SMILES string of the molecule is CCC1CC(C)C2=C1C2. The van der Waals surface area contributed by atoms with Crippen LogP contribution in [-0.2, 0) is 0 Å². The highest BCUT2D eigenvalue weighted by atomic mass is 14.4. The molecule has 0 spiro atoms. The second kappa shape index (κ2) is 1.62. The summed E-state index contributed by atoms with van der Waals surface area (Å²) in [6.07, 6.45) is 4.24. The van der Waals surface area contributed by atoms with E-state index >= 15 is 0 Å². The summed E-state index contributed by atoms with van der Waals surface area (Å²) < 4.78 is 0. The van der Waals surface area contributed by atoms with E-state index in [1.165, 1.54) is 19.3 Å². The van der Waals surface area contributed by atoms with Gasteiger partial charge in [-0.15, -0.1) is 0 Å². The summed E-state index contributed by atoms with van der Waals surface area (Å²) in [5.41, 5.74) is 3.63. The lowest BCUT2D eigenvalue weighted by molar-refractivity contribution is 0.490. The number of hydrogen-bond donors (Lipinski definition) is 0. The van der Waals surface area contributed by atoms with Crippen LogP contribution in [0.5, 0.6) is 0 Å². The van der Waals surface area contributed by atoms with Gasteiger partial charge in [-0.1, -0.05) is 25.0 Å². The maximum Gasteiger partial charge on any atom is -0.00972 e. The van der Waals surface area contributed by atoms with Gasteiger partial charge in [0.25, 0.3) is 0 Å². The molecule has 2 unspecified atom stereocenters. The zero-order valence-corrected chi connectivity index (χ0v) is 6.28. The van der Waals surface area contributed by atoms with Crippen molar-refractivity contribution in [3.05, 3.63) is 11.1 Å². The smallest absolute Gasteiger partial charge is 0.00972 e. The van der Waals surface area contributed by atoms with Gasteiger partial charge in [-0.25, -0.2) is 0 Å². The maximum atomic E-state index is 2.37. The molecule has 0 heterocycles. The molecule has 0 saturated carbocycles. The van der Waals surface area contributed by atoms with Crippen molar-refractivity contribution >= 4 is 0 Å². The molecule has 0 aromatic carbocycles. The Morgan fingerprint density at radius 1 is 1.44 bits per heavy atom. The van der Waals surface area contributed by atoms with Gasteiger partial charge in [-0.05, 0) is 31.1 Å². The molecule has 2 atom stereocenters. The molecule has 9 heavy (non-hydrogen) atoms. The van der Waals surface area contributed by atoms with Crippen LogP contribution in [0.15, 0.2) is 11.1 Å². The van der Waals surface area contributed by atoms with Crippen molar-refractivity contribution in [2.75, 3.05) is 0 Å². The summed E-state index contributed by atoms with van der Waals surface area (Å²) in [5, 5.41) is 0. The predicted molar refractivity (Wildman–Crippen MR) is 39.2 cm³/mol. The van der Waals surface area contributed by atoms with Gasteiger partial charge in [0.1, 0.15) is 0 Å². The topological polar surface area (TPSA) is 0 Å². The Kier molecular flexibility index (Phi) is 0.992. The van der Waals surface area contributed by atoms with Gasteiger partial charge >= 0.3 is 0 Å². The minimum Gasteiger partial charge on any atom is -0.0648 e. The Balaban J connectivity index is 2.11. The van der Waals surface area contributed by atoms with Crippen molar-refractivity contribution in [2.45, 2.75) is 33.1 Å². The van der Waals surface area contributed by atoms with E-state index in [2.05, 4.69) is 13.8 Å². The first-order valence-corrected chi connectivity index (χ1v) is 4.04. The molecule has 2 aliphatic rings. The Labute approximate surface area is 57.0 Å². The van der Waals surface area contributed by atoms with Gasteiger partial charge in [0.2, 0.25) is 0 Å². The molecule has 0 saturated heterocycles. The number of allylic oxidation sites excluding steroid dienone is 2. The molecular formula is C9H14. The van der Waals surface area contributed by atoms with Crippen molar-refractivity contribution in [2.24, 2.45) is 11.8 Å². The summed E-state index contributed by atoms with van der Waals surface area (Å²) in [5.74, 6) is 1.94. The third-order valence-electron chi connectivity index (χ3n) is 2.89. The van der Waals surface area contributed by atoms with Crippen LogP contribution in [0, 0.1) is 11.8 Å². The van der Waals surface area contributed by atoms with Crippen LogP contribution in [0.25, 0.3) is 0 Å². The third kappa shape index (κ3) is 0.654. The second-order valence-corrected chi connectivity index (χ2v) is 3.47. The minimum atomic E-state index is 0.949. The molecule has 0 aromatic rings. The van der Waals surface area contributed by atoms with Gasteiger partial charge in [0, 0.05) is 0 Å². The quantitative estimate of drug-likeness (QED) is 0.469. The first-order valence-electron chi connectivity index (χ1n) is 4.04. The molecule has 0 aliphatic heterocycles. The van der Waals surface area contributed by atoms with Gasteiger partial charge in [0.15, 0.2) is 0 Å². The monoisotopic (exact) mass is 122 g/mol. The van der Waals surface area contributed by atoms with Gasteiger partial charge in [0.05, 0.1) is 0 Å². The van der Waals surface area contributed by atoms with Crippen LogP contribution in [0.3, 0.4) is 0 Å². The van der Waals surface area contributed by atoms with E-state index in [0.29, 0.717) is 0 Å². The highest BCUT2D eigenvalue weighted by molar-refractivity contribution is 5.42. The normalized spacial score (nSPS) is 39.3. The molecule has 0 amide bonds. The molecule has 0 bridgehead atoms. The summed E-state index contributed by atoms with van der Waals surface area (Å²) in [4.78, 5) is 0. The van der Waals surface area contributed by atoms with Gasteiger partial charge in [-0.3, -0.25) is 0 Å². The Morgan fingerprint density at radius 3 is 2.44 bits per heavy atom. The first kappa shape index (κ1) is 5.52. The molecule has 0 fully saturated rings. The lowest BCUT2D eigenvalue weighted by Gasteiger charge is -2.11. The average Bonchev–Trinajstić information content (AvgIpc) is 2.56. The van der Waals surface area contributed by atoms with Crippen molar-refractivity contribution in [3.63, 3.8) is 0 Å². The van der Waals surface area contributed by atoms with E-state index in [9.17, 15) is 0 Å².